The first-order valence-corrected chi connectivity index (χ1v) is 5.98. The molecule has 0 bridgehead atoms. The topological polar surface area (TPSA) is 47.0 Å². The summed E-state index contributed by atoms with van der Waals surface area (Å²) in [5.41, 5.74) is 1.08. The number of nitrogens with one attached hydrogen (secondary N) is 1. The van der Waals surface area contributed by atoms with Crippen LogP contribution in [0.3, 0.4) is 0 Å². The van der Waals surface area contributed by atoms with Crippen LogP contribution in [0.25, 0.3) is 0 Å². The van der Waals surface area contributed by atoms with E-state index in [1.807, 2.05) is 13.0 Å². The molecule has 0 saturated heterocycles. The Bertz CT molecular complexity index is 315. The third-order valence-corrected chi connectivity index (χ3v) is 2.22. The van der Waals surface area contributed by atoms with E-state index < -0.39 is 0 Å². The molecular formula is C12H21N3O. The minimum atomic E-state index is 0.690. The van der Waals surface area contributed by atoms with Crippen LogP contribution in [-0.2, 0) is 17.6 Å². The van der Waals surface area contributed by atoms with E-state index >= 15 is 0 Å². The number of anilines is 1. The van der Waals surface area contributed by atoms with E-state index in [0.29, 0.717) is 6.61 Å². The lowest BCUT2D eigenvalue weighted by Crippen LogP contribution is -2.08. The molecule has 0 aromatic carbocycles. The lowest BCUT2D eigenvalue weighted by molar-refractivity contribution is 0.149. The average Bonchev–Trinajstić information content (AvgIpc) is 2.29. The Morgan fingerprint density at radius 3 is 2.69 bits per heavy atom. The Labute approximate surface area is 97.5 Å². The van der Waals surface area contributed by atoms with Gasteiger partial charge in [0.2, 0.25) is 0 Å². The number of ether oxygens (including phenoxy) is 1. The lowest BCUT2D eigenvalue weighted by atomic mass is 10.3. The highest BCUT2D eigenvalue weighted by Gasteiger charge is 2.03. The molecule has 0 radical (unpaired) electrons. The predicted molar refractivity (Wildman–Crippen MR) is 65.8 cm³/mol. The van der Waals surface area contributed by atoms with Gasteiger partial charge in [0.25, 0.3) is 0 Å². The largest absolute Gasteiger partial charge is 0.381 e. The van der Waals surface area contributed by atoms with Gasteiger partial charge >= 0.3 is 0 Å². The number of hydrogen-bond donors (Lipinski definition) is 1. The van der Waals surface area contributed by atoms with Crippen molar-refractivity contribution in [2.75, 3.05) is 25.1 Å². The summed E-state index contributed by atoms with van der Waals surface area (Å²) in [6, 6.07) is 2.01. The fraction of sp³-hybridized carbons (Fsp3) is 0.667. The summed E-state index contributed by atoms with van der Waals surface area (Å²) in [5.74, 6) is 1.78. The average molecular weight is 223 g/mol. The molecular weight excluding hydrogens is 202 g/mol. The molecule has 90 valence electrons. The Kier molecular flexibility index (Phi) is 5.78. The van der Waals surface area contributed by atoms with Crippen LogP contribution in [0.1, 0.15) is 32.3 Å². The number of nitrogens with zero attached hydrogens (tertiary/aromatic N) is 2. The maximum Gasteiger partial charge on any atom is 0.133 e. The molecule has 0 fully saturated rings. The Morgan fingerprint density at radius 1 is 1.25 bits per heavy atom. The molecule has 16 heavy (non-hydrogen) atoms. The van der Waals surface area contributed by atoms with Crippen LogP contribution >= 0.6 is 0 Å². The fourth-order valence-electron chi connectivity index (χ4n) is 1.42. The van der Waals surface area contributed by atoms with Crippen molar-refractivity contribution in [2.24, 2.45) is 0 Å². The molecule has 0 spiro atoms. The van der Waals surface area contributed by atoms with E-state index in [1.54, 1.807) is 0 Å². The Balaban J connectivity index is 2.69. The molecule has 1 rings (SSSR count). The second kappa shape index (κ2) is 7.17. The first-order chi connectivity index (χ1) is 7.80. The van der Waals surface area contributed by atoms with Crippen LogP contribution in [0, 0.1) is 0 Å². The number of aryl methyl sites for hydroxylation is 1. The van der Waals surface area contributed by atoms with Crippen LogP contribution in [0.15, 0.2) is 6.07 Å². The summed E-state index contributed by atoms with van der Waals surface area (Å²) in [4.78, 5) is 8.92. The highest BCUT2D eigenvalue weighted by atomic mass is 16.5. The maximum absolute atomic E-state index is 5.31. The lowest BCUT2D eigenvalue weighted by Gasteiger charge is -2.07. The van der Waals surface area contributed by atoms with Crippen molar-refractivity contribution in [2.45, 2.75) is 33.6 Å². The third-order valence-electron chi connectivity index (χ3n) is 2.22. The minimum absolute atomic E-state index is 0.690. The molecule has 0 aliphatic heterocycles. The van der Waals surface area contributed by atoms with Crippen molar-refractivity contribution in [3.63, 3.8) is 0 Å². The molecule has 0 saturated carbocycles. The van der Waals surface area contributed by atoms with Gasteiger partial charge in [0, 0.05) is 31.3 Å². The molecule has 4 nitrogen and oxygen atoms in total. The van der Waals surface area contributed by atoms with Crippen LogP contribution in [0.5, 0.6) is 0 Å². The monoisotopic (exact) mass is 223 g/mol. The summed E-state index contributed by atoms with van der Waals surface area (Å²) in [7, 11) is 0. The highest BCUT2D eigenvalue weighted by molar-refractivity contribution is 5.35. The number of aromatic nitrogens is 2. The highest BCUT2D eigenvalue weighted by Crippen LogP contribution is 2.08. The van der Waals surface area contributed by atoms with E-state index in [4.69, 9.17) is 4.74 Å². The molecule has 0 aliphatic carbocycles. The van der Waals surface area contributed by atoms with Crippen molar-refractivity contribution in [1.82, 2.24) is 9.97 Å². The molecule has 0 unspecified atom stereocenters. The molecule has 1 aromatic heterocycles. The van der Waals surface area contributed by atoms with Gasteiger partial charge in [-0.25, -0.2) is 9.97 Å². The van der Waals surface area contributed by atoms with Crippen LogP contribution in [-0.4, -0.2) is 29.7 Å². The van der Waals surface area contributed by atoms with Gasteiger partial charge in [-0.1, -0.05) is 6.92 Å². The molecule has 1 heterocycles. The molecule has 1 N–H and O–H groups in total. The summed E-state index contributed by atoms with van der Waals surface area (Å²) < 4.78 is 5.31. The second-order valence-electron chi connectivity index (χ2n) is 3.49. The predicted octanol–water partition coefficient (Wildman–Crippen LogP) is 2.05. The van der Waals surface area contributed by atoms with Crippen molar-refractivity contribution < 1.29 is 4.74 Å². The van der Waals surface area contributed by atoms with Crippen LogP contribution in [0.4, 0.5) is 5.82 Å². The van der Waals surface area contributed by atoms with Crippen molar-refractivity contribution in [3.8, 4) is 0 Å². The number of hydrogen-bond acceptors (Lipinski definition) is 4. The van der Waals surface area contributed by atoms with E-state index in [9.17, 15) is 0 Å². The molecule has 1 aromatic rings. The van der Waals surface area contributed by atoms with Crippen molar-refractivity contribution in [1.29, 1.82) is 0 Å². The van der Waals surface area contributed by atoms with E-state index in [0.717, 1.165) is 43.3 Å². The zero-order chi connectivity index (χ0) is 11.8. The quantitative estimate of drug-likeness (QED) is 0.719. The first kappa shape index (κ1) is 12.9. The summed E-state index contributed by atoms with van der Waals surface area (Å²) in [5, 5.41) is 3.22. The zero-order valence-corrected chi connectivity index (χ0v) is 10.4. The molecule has 0 atom stereocenters. The summed E-state index contributed by atoms with van der Waals surface area (Å²) >= 11 is 0. The second-order valence-corrected chi connectivity index (χ2v) is 3.49. The van der Waals surface area contributed by atoms with Gasteiger partial charge in [-0.3, -0.25) is 0 Å². The van der Waals surface area contributed by atoms with E-state index in [-0.39, 0.29) is 0 Å². The molecule has 0 aliphatic rings. The van der Waals surface area contributed by atoms with Gasteiger partial charge in [0.05, 0.1) is 6.61 Å². The zero-order valence-electron chi connectivity index (χ0n) is 10.4. The van der Waals surface area contributed by atoms with Crippen LogP contribution in [0.2, 0.25) is 0 Å². The smallest absolute Gasteiger partial charge is 0.133 e. The fourth-order valence-corrected chi connectivity index (χ4v) is 1.42. The molecule has 0 amide bonds. The van der Waals surface area contributed by atoms with Crippen molar-refractivity contribution >= 4 is 5.82 Å². The van der Waals surface area contributed by atoms with Crippen LogP contribution < -0.4 is 5.32 Å². The van der Waals surface area contributed by atoms with Gasteiger partial charge in [0.15, 0.2) is 0 Å². The standard InChI is InChI=1S/C12H21N3O/c1-4-10-9-12(13-5-2)15-11(14-10)7-8-16-6-3/h9H,4-8H2,1-3H3,(H,13,14,15). The normalized spacial score (nSPS) is 10.4. The van der Waals surface area contributed by atoms with Gasteiger partial charge in [-0.05, 0) is 20.3 Å². The summed E-state index contributed by atoms with van der Waals surface area (Å²) in [6.45, 7) is 8.47. The van der Waals surface area contributed by atoms with Gasteiger partial charge in [-0.15, -0.1) is 0 Å². The van der Waals surface area contributed by atoms with Gasteiger partial charge in [-0.2, -0.15) is 0 Å². The van der Waals surface area contributed by atoms with E-state index in [2.05, 4.69) is 29.1 Å². The molecule has 4 heteroatoms. The summed E-state index contributed by atoms with van der Waals surface area (Å²) in [6.07, 6.45) is 1.71. The van der Waals surface area contributed by atoms with Gasteiger partial charge in [0.1, 0.15) is 11.6 Å². The minimum Gasteiger partial charge on any atom is -0.381 e. The first-order valence-electron chi connectivity index (χ1n) is 5.98. The third kappa shape index (κ3) is 4.14. The van der Waals surface area contributed by atoms with Gasteiger partial charge < -0.3 is 10.1 Å². The van der Waals surface area contributed by atoms with E-state index in [1.165, 1.54) is 0 Å². The SMILES string of the molecule is CCNc1cc(CC)nc(CCOCC)n1. The maximum atomic E-state index is 5.31. The Hall–Kier alpha value is -1.16. The van der Waals surface area contributed by atoms with Crippen molar-refractivity contribution in [3.05, 3.63) is 17.6 Å². The Morgan fingerprint density at radius 2 is 2.06 bits per heavy atom. The number of rotatable bonds is 7.